The number of nitrogens with zero attached hydrogens (tertiary/aromatic N) is 3. The number of fused-ring (bicyclic) bond motifs is 1. The van der Waals surface area contributed by atoms with E-state index in [0.717, 1.165) is 11.3 Å². The summed E-state index contributed by atoms with van der Waals surface area (Å²) < 4.78 is 28.0. The van der Waals surface area contributed by atoms with Crippen LogP contribution in [0.5, 0.6) is 0 Å². The maximum atomic E-state index is 13.3. The number of carbonyl (C=O) groups excluding carboxylic acids is 2. The Balaban J connectivity index is 1.46. The fourth-order valence-corrected chi connectivity index (χ4v) is 5.89. The summed E-state index contributed by atoms with van der Waals surface area (Å²) in [5.41, 5.74) is 1.68. The average molecular weight is 457 g/mol. The topological polar surface area (TPSA) is 99.7 Å². The highest BCUT2D eigenvalue weighted by atomic mass is 32.2. The van der Waals surface area contributed by atoms with Crippen LogP contribution in [0.4, 0.5) is 11.5 Å². The summed E-state index contributed by atoms with van der Waals surface area (Å²) >= 11 is 0. The SMILES string of the molecule is Cc1ccc(NC(=O)C2CCN(S(=O)(=O)c3ccc4c(c3)C(C)(C)C(=O)N4C)CC2)nc1. The molecule has 2 aliphatic rings. The summed E-state index contributed by atoms with van der Waals surface area (Å²) in [6, 6.07) is 8.50. The van der Waals surface area contributed by atoms with Crippen molar-refractivity contribution in [2.75, 3.05) is 30.4 Å². The summed E-state index contributed by atoms with van der Waals surface area (Å²) in [5, 5.41) is 2.82. The average Bonchev–Trinajstić information content (AvgIpc) is 2.95. The Bertz CT molecular complexity index is 1170. The number of anilines is 2. The molecule has 3 heterocycles. The maximum absolute atomic E-state index is 13.3. The first-order chi connectivity index (χ1) is 15.0. The molecule has 2 aliphatic heterocycles. The van der Waals surface area contributed by atoms with Gasteiger partial charge in [-0.05, 0) is 69.0 Å². The number of sulfonamides is 1. The van der Waals surface area contributed by atoms with Gasteiger partial charge in [-0.3, -0.25) is 9.59 Å². The molecule has 0 spiro atoms. The van der Waals surface area contributed by atoms with Gasteiger partial charge in [0.1, 0.15) is 5.82 Å². The Morgan fingerprint density at radius 2 is 1.84 bits per heavy atom. The Morgan fingerprint density at radius 3 is 2.47 bits per heavy atom. The number of hydrogen-bond acceptors (Lipinski definition) is 5. The summed E-state index contributed by atoms with van der Waals surface area (Å²) in [5.74, 6) is 0.0295. The summed E-state index contributed by atoms with van der Waals surface area (Å²) in [4.78, 5) is 31.0. The number of rotatable bonds is 4. The monoisotopic (exact) mass is 456 g/mol. The number of nitrogens with one attached hydrogen (secondary N) is 1. The van der Waals surface area contributed by atoms with E-state index < -0.39 is 15.4 Å². The van der Waals surface area contributed by atoms with E-state index in [9.17, 15) is 18.0 Å². The van der Waals surface area contributed by atoms with Crippen LogP contribution in [0.1, 0.15) is 37.8 Å². The Morgan fingerprint density at radius 1 is 1.16 bits per heavy atom. The number of piperidine rings is 1. The quantitative estimate of drug-likeness (QED) is 0.763. The number of carbonyl (C=O) groups is 2. The van der Waals surface area contributed by atoms with Crippen molar-refractivity contribution in [1.82, 2.24) is 9.29 Å². The predicted octanol–water partition coefficient (Wildman–Crippen LogP) is 2.68. The Kier molecular flexibility index (Phi) is 5.58. The molecule has 4 rings (SSSR count). The molecule has 1 aromatic heterocycles. The van der Waals surface area contributed by atoms with Gasteiger partial charge in [0.25, 0.3) is 0 Å². The molecule has 0 bridgehead atoms. The highest BCUT2D eigenvalue weighted by Crippen LogP contribution is 2.42. The fraction of sp³-hybridized carbons (Fsp3) is 0.435. The van der Waals surface area contributed by atoms with Crippen LogP contribution in [0.3, 0.4) is 0 Å². The number of aryl methyl sites for hydroxylation is 1. The van der Waals surface area contributed by atoms with Gasteiger partial charge in [-0.1, -0.05) is 6.07 Å². The van der Waals surface area contributed by atoms with E-state index >= 15 is 0 Å². The predicted molar refractivity (Wildman–Crippen MR) is 122 cm³/mol. The van der Waals surface area contributed by atoms with E-state index in [-0.39, 0.29) is 35.7 Å². The molecule has 2 amide bonds. The zero-order valence-corrected chi connectivity index (χ0v) is 19.6. The smallest absolute Gasteiger partial charge is 0.243 e. The number of pyridine rings is 1. The molecule has 0 radical (unpaired) electrons. The molecule has 9 heteroatoms. The van der Waals surface area contributed by atoms with Crippen LogP contribution < -0.4 is 10.2 Å². The van der Waals surface area contributed by atoms with E-state index in [1.54, 1.807) is 56.3 Å². The summed E-state index contributed by atoms with van der Waals surface area (Å²) in [7, 11) is -2.02. The van der Waals surface area contributed by atoms with Crippen LogP contribution in [0, 0.1) is 12.8 Å². The van der Waals surface area contributed by atoms with Gasteiger partial charge in [0.2, 0.25) is 21.8 Å². The molecule has 1 saturated heterocycles. The molecule has 1 aromatic carbocycles. The van der Waals surface area contributed by atoms with Crippen molar-refractivity contribution in [3.63, 3.8) is 0 Å². The Labute approximate surface area is 188 Å². The second-order valence-corrected chi connectivity index (χ2v) is 11.0. The molecule has 8 nitrogen and oxygen atoms in total. The lowest BCUT2D eigenvalue weighted by Gasteiger charge is -2.30. The first-order valence-electron chi connectivity index (χ1n) is 10.7. The molecule has 0 unspecified atom stereocenters. The van der Waals surface area contributed by atoms with E-state index in [1.807, 2.05) is 13.0 Å². The van der Waals surface area contributed by atoms with Gasteiger partial charge >= 0.3 is 0 Å². The molecule has 1 N–H and O–H groups in total. The number of benzene rings is 1. The third kappa shape index (κ3) is 3.80. The lowest BCUT2D eigenvalue weighted by Crippen LogP contribution is -2.41. The fourth-order valence-electron chi connectivity index (χ4n) is 4.39. The number of aromatic nitrogens is 1. The normalized spacial score (nSPS) is 19.1. The highest BCUT2D eigenvalue weighted by Gasteiger charge is 2.43. The highest BCUT2D eigenvalue weighted by molar-refractivity contribution is 7.89. The van der Waals surface area contributed by atoms with Crippen LogP contribution >= 0.6 is 0 Å². The minimum Gasteiger partial charge on any atom is -0.314 e. The largest absolute Gasteiger partial charge is 0.314 e. The lowest BCUT2D eigenvalue weighted by atomic mass is 9.86. The van der Waals surface area contributed by atoms with Crippen LogP contribution in [0.15, 0.2) is 41.4 Å². The number of hydrogen-bond donors (Lipinski definition) is 1. The van der Waals surface area contributed by atoms with Crippen molar-refractivity contribution in [1.29, 1.82) is 0 Å². The van der Waals surface area contributed by atoms with E-state index in [2.05, 4.69) is 10.3 Å². The second-order valence-electron chi connectivity index (χ2n) is 9.06. The summed E-state index contributed by atoms with van der Waals surface area (Å²) in [6.45, 7) is 6.07. The molecule has 0 saturated carbocycles. The summed E-state index contributed by atoms with van der Waals surface area (Å²) in [6.07, 6.45) is 2.57. The van der Waals surface area contributed by atoms with E-state index in [4.69, 9.17) is 0 Å². The number of amides is 2. The third-order valence-electron chi connectivity index (χ3n) is 6.47. The molecule has 32 heavy (non-hydrogen) atoms. The standard InChI is InChI=1S/C23H28N4O4S/c1-15-5-8-20(24-14-15)25-21(28)16-9-11-27(12-10-16)32(30,31)17-6-7-19-18(13-17)23(2,3)22(29)26(19)4/h5-8,13-14,16H,9-12H2,1-4H3,(H,24,25,28). The van der Waals surface area contributed by atoms with Crippen molar-refractivity contribution >= 4 is 33.3 Å². The van der Waals surface area contributed by atoms with Crippen LogP contribution in [0.2, 0.25) is 0 Å². The van der Waals surface area contributed by atoms with Crippen molar-refractivity contribution in [2.24, 2.45) is 5.92 Å². The van der Waals surface area contributed by atoms with Crippen molar-refractivity contribution in [3.8, 4) is 0 Å². The van der Waals surface area contributed by atoms with Crippen LogP contribution in [0.25, 0.3) is 0 Å². The van der Waals surface area contributed by atoms with E-state index in [0.29, 0.717) is 24.2 Å². The molecule has 0 aliphatic carbocycles. The lowest BCUT2D eigenvalue weighted by molar-refractivity contribution is -0.122. The van der Waals surface area contributed by atoms with Crippen molar-refractivity contribution in [2.45, 2.75) is 43.9 Å². The minimum atomic E-state index is -3.72. The maximum Gasteiger partial charge on any atom is 0.243 e. The van der Waals surface area contributed by atoms with Crippen molar-refractivity contribution in [3.05, 3.63) is 47.7 Å². The molecular weight excluding hydrogens is 428 g/mol. The van der Waals surface area contributed by atoms with Gasteiger partial charge in [-0.2, -0.15) is 4.31 Å². The molecular formula is C23H28N4O4S. The molecule has 0 atom stereocenters. The van der Waals surface area contributed by atoms with Gasteiger partial charge in [-0.25, -0.2) is 13.4 Å². The van der Waals surface area contributed by atoms with Gasteiger partial charge < -0.3 is 10.2 Å². The second kappa shape index (κ2) is 7.97. The first kappa shape index (κ1) is 22.4. The first-order valence-corrected chi connectivity index (χ1v) is 12.1. The molecule has 2 aromatic rings. The van der Waals surface area contributed by atoms with E-state index in [1.165, 1.54) is 4.31 Å². The molecule has 1 fully saturated rings. The third-order valence-corrected chi connectivity index (χ3v) is 8.36. The minimum absolute atomic E-state index is 0.0584. The molecule has 170 valence electrons. The van der Waals surface area contributed by atoms with Gasteiger partial charge in [0, 0.05) is 37.9 Å². The Hall–Kier alpha value is -2.78. The van der Waals surface area contributed by atoms with Gasteiger partial charge in [-0.15, -0.1) is 0 Å². The van der Waals surface area contributed by atoms with Gasteiger partial charge in [0.05, 0.1) is 10.3 Å². The zero-order valence-electron chi connectivity index (χ0n) is 18.8. The van der Waals surface area contributed by atoms with Crippen molar-refractivity contribution < 1.29 is 18.0 Å². The van der Waals surface area contributed by atoms with Crippen LogP contribution in [-0.4, -0.2) is 49.7 Å². The van der Waals surface area contributed by atoms with Gasteiger partial charge in [0.15, 0.2) is 0 Å². The number of likely N-dealkylation sites (N-methyl/N-ethyl adjacent to an activating group) is 1. The zero-order chi connectivity index (χ0) is 23.3. The van der Waals surface area contributed by atoms with Crippen LogP contribution in [-0.2, 0) is 25.0 Å².